The molecule has 156 valence electrons. The lowest BCUT2D eigenvalue weighted by Gasteiger charge is -2.28. The molecule has 1 fully saturated rings. The number of hydrogen-bond donors (Lipinski definition) is 0. The second-order valence-electron chi connectivity index (χ2n) is 8.91. The smallest absolute Gasteiger partial charge is 0.218 e. The van der Waals surface area contributed by atoms with Crippen LogP contribution in [0, 0.1) is 23.2 Å². The van der Waals surface area contributed by atoms with Gasteiger partial charge in [-0.1, -0.05) is 88.6 Å². The van der Waals surface area contributed by atoms with E-state index in [1.165, 1.54) is 75.5 Å². The van der Waals surface area contributed by atoms with Gasteiger partial charge in [0.15, 0.2) is 0 Å². The average molecular weight is 398 g/mol. The Morgan fingerprint density at radius 1 is 1.03 bits per heavy atom. The number of benzene rings is 1. The minimum absolute atomic E-state index is 0.593. The molecule has 0 heterocycles. The molecule has 3 rings (SSSR count). The number of allylic oxidation sites excluding steroid dienone is 4. The molecule has 0 saturated heterocycles. The molecular formula is C26H33F2N. The van der Waals surface area contributed by atoms with Crippen molar-refractivity contribution in [3.8, 4) is 6.07 Å². The van der Waals surface area contributed by atoms with Crippen molar-refractivity contribution >= 4 is 0 Å². The highest BCUT2D eigenvalue weighted by atomic mass is 19.1. The minimum atomic E-state index is -2.32. The van der Waals surface area contributed by atoms with Crippen molar-refractivity contribution in [1.29, 1.82) is 5.26 Å². The van der Waals surface area contributed by atoms with E-state index < -0.39 is 17.4 Å². The van der Waals surface area contributed by atoms with Crippen molar-refractivity contribution in [3.05, 3.63) is 59.4 Å². The summed E-state index contributed by atoms with van der Waals surface area (Å²) in [5, 5.41) is 8.80. The van der Waals surface area contributed by atoms with Crippen LogP contribution in [-0.2, 0) is 6.42 Å². The van der Waals surface area contributed by atoms with Crippen molar-refractivity contribution in [2.24, 2.45) is 11.8 Å². The third-order valence-electron chi connectivity index (χ3n) is 6.71. The first-order chi connectivity index (χ1) is 14.0. The average Bonchev–Trinajstić information content (AvgIpc) is 2.74. The molecule has 3 heteroatoms. The van der Waals surface area contributed by atoms with E-state index in [0.717, 1.165) is 36.0 Å². The first-order valence-corrected chi connectivity index (χ1v) is 11.3. The first-order valence-electron chi connectivity index (χ1n) is 11.3. The van der Waals surface area contributed by atoms with Gasteiger partial charge >= 0.3 is 0 Å². The van der Waals surface area contributed by atoms with Crippen LogP contribution in [0.15, 0.2) is 48.3 Å². The van der Waals surface area contributed by atoms with E-state index in [0.29, 0.717) is 0 Å². The molecule has 2 atom stereocenters. The van der Waals surface area contributed by atoms with Crippen LogP contribution in [0.4, 0.5) is 8.78 Å². The summed E-state index contributed by atoms with van der Waals surface area (Å²) in [4.78, 5) is 0. The molecule has 2 unspecified atom stereocenters. The van der Waals surface area contributed by atoms with Crippen LogP contribution in [0.25, 0.3) is 0 Å². The molecule has 0 N–H and O–H groups in total. The molecule has 1 saturated carbocycles. The Hall–Kier alpha value is -1.95. The number of halogens is 2. The fourth-order valence-corrected chi connectivity index (χ4v) is 4.76. The maximum Gasteiger partial charge on any atom is 0.235 e. The molecule has 0 aromatic heterocycles. The van der Waals surface area contributed by atoms with Crippen molar-refractivity contribution in [3.63, 3.8) is 0 Å². The zero-order chi connectivity index (χ0) is 20.7. The predicted molar refractivity (Wildman–Crippen MR) is 115 cm³/mol. The highest BCUT2D eigenvalue weighted by Crippen LogP contribution is 2.36. The monoisotopic (exact) mass is 397 g/mol. The number of unbranched alkanes of at least 4 members (excludes halogenated alkanes) is 2. The van der Waals surface area contributed by atoms with Crippen LogP contribution in [0.3, 0.4) is 0 Å². The Morgan fingerprint density at radius 3 is 2.28 bits per heavy atom. The Bertz CT molecular complexity index is 750. The van der Waals surface area contributed by atoms with Crippen LogP contribution in [0.1, 0.15) is 81.8 Å². The highest BCUT2D eigenvalue weighted by molar-refractivity contribution is 5.42. The lowest BCUT2D eigenvalue weighted by molar-refractivity contribution is 0.249. The summed E-state index contributed by atoms with van der Waals surface area (Å²) in [6.07, 6.45) is 16.7. The molecule has 1 nitrogen and oxygen atoms in total. The van der Waals surface area contributed by atoms with Gasteiger partial charge in [0.2, 0.25) is 5.67 Å². The summed E-state index contributed by atoms with van der Waals surface area (Å²) in [7, 11) is 0. The lowest BCUT2D eigenvalue weighted by atomic mass is 9.77. The zero-order valence-corrected chi connectivity index (χ0v) is 17.5. The fourth-order valence-electron chi connectivity index (χ4n) is 4.76. The van der Waals surface area contributed by atoms with E-state index in [1.54, 1.807) is 0 Å². The summed E-state index contributed by atoms with van der Waals surface area (Å²) < 4.78 is 28.2. The number of nitriles is 1. The summed E-state index contributed by atoms with van der Waals surface area (Å²) in [5.41, 5.74) is -0.249. The Kier molecular flexibility index (Phi) is 7.64. The second kappa shape index (κ2) is 10.2. The third-order valence-corrected chi connectivity index (χ3v) is 6.71. The van der Waals surface area contributed by atoms with Gasteiger partial charge < -0.3 is 0 Å². The number of alkyl halides is 1. The number of hydrogen-bond acceptors (Lipinski definition) is 1. The van der Waals surface area contributed by atoms with Gasteiger partial charge in [-0.15, -0.1) is 0 Å². The third kappa shape index (κ3) is 6.01. The molecular weight excluding hydrogens is 364 g/mol. The van der Waals surface area contributed by atoms with Crippen LogP contribution >= 0.6 is 0 Å². The molecule has 0 amide bonds. The second-order valence-corrected chi connectivity index (χ2v) is 8.91. The number of nitrogens with zero attached hydrogens (tertiary/aromatic N) is 1. The minimum Gasteiger partial charge on any atom is -0.218 e. The van der Waals surface area contributed by atoms with Crippen LogP contribution in [0.5, 0.6) is 0 Å². The molecule has 0 spiro atoms. The molecule has 0 radical (unpaired) electrons. The molecule has 29 heavy (non-hydrogen) atoms. The molecule has 2 aliphatic carbocycles. The quantitative estimate of drug-likeness (QED) is 0.325. The maximum atomic E-state index is 14.3. The van der Waals surface area contributed by atoms with Crippen molar-refractivity contribution in [2.75, 3.05) is 0 Å². The van der Waals surface area contributed by atoms with E-state index in [4.69, 9.17) is 5.26 Å². The SMILES string of the molecule is CCCCC[C@H]1CC[C@H](CCc2ccc(C3C=CC(F)(C#N)C=C3F)cc2)CC1. The van der Waals surface area contributed by atoms with Gasteiger partial charge in [-0.3, -0.25) is 0 Å². The summed E-state index contributed by atoms with van der Waals surface area (Å²) in [6, 6.07) is 9.47. The van der Waals surface area contributed by atoms with Gasteiger partial charge in [0.05, 0.1) is 5.92 Å². The van der Waals surface area contributed by atoms with Crippen molar-refractivity contribution < 1.29 is 8.78 Å². The normalized spacial score (nSPS) is 29.3. The topological polar surface area (TPSA) is 23.8 Å². The van der Waals surface area contributed by atoms with Gasteiger partial charge in [0.25, 0.3) is 0 Å². The highest BCUT2D eigenvalue weighted by Gasteiger charge is 2.31. The van der Waals surface area contributed by atoms with Gasteiger partial charge in [-0.25, -0.2) is 8.78 Å². The van der Waals surface area contributed by atoms with E-state index in [2.05, 4.69) is 19.1 Å². The Morgan fingerprint density at radius 2 is 1.69 bits per heavy atom. The number of rotatable bonds is 8. The van der Waals surface area contributed by atoms with Crippen LogP contribution < -0.4 is 0 Å². The van der Waals surface area contributed by atoms with E-state index in [1.807, 2.05) is 12.1 Å². The molecule has 0 bridgehead atoms. The fraction of sp³-hybridized carbons (Fsp3) is 0.577. The van der Waals surface area contributed by atoms with Crippen molar-refractivity contribution in [2.45, 2.75) is 82.7 Å². The zero-order valence-electron chi connectivity index (χ0n) is 17.5. The summed E-state index contributed by atoms with van der Waals surface area (Å²) in [5.74, 6) is 0.597. The van der Waals surface area contributed by atoms with Crippen molar-refractivity contribution in [1.82, 2.24) is 0 Å². The lowest BCUT2D eigenvalue weighted by Crippen LogP contribution is -2.18. The molecule has 1 aromatic rings. The van der Waals surface area contributed by atoms with E-state index >= 15 is 0 Å². The predicted octanol–water partition coefficient (Wildman–Crippen LogP) is 7.74. The maximum absolute atomic E-state index is 14.3. The Labute approximate surface area is 174 Å². The van der Waals surface area contributed by atoms with Gasteiger partial charge in [-0.05, 0) is 41.9 Å². The molecule has 0 aliphatic heterocycles. The van der Waals surface area contributed by atoms with Crippen LogP contribution in [0.2, 0.25) is 0 Å². The van der Waals surface area contributed by atoms with Gasteiger partial charge in [0.1, 0.15) is 11.9 Å². The van der Waals surface area contributed by atoms with Crippen LogP contribution in [-0.4, -0.2) is 5.67 Å². The Balaban J connectivity index is 1.46. The van der Waals surface area contributed by atoms with Gasteiger partial charge in [-0.2, -0.15) is 5.26 Å². The largest absolute Gasteiger partial charge is 0.235 e. The summed E-state index contributed by atoms with van der Waals surface area (Å²) in [6.45, 7) is 2.27. The standard InChI is InChI=1S/C26H33F2N/c1-2-3-4-5-20-6-8-21(9-7-20)10-11-22-12-14-23(15-13-22)24-16-17-26(28,19-29)18-25(24)27/h12-18,20-21,24H,2-11H2,1H3/t20-,21-,24?,26?. The molecule has 2 aliphatic rings. The van der Waals surface area contributed by atoms with E-state index in [-0.39, 0.29) is 0 Å². The van der Waals surface area contributed by atoms with Gasteiger partial charge in [0, 0.05) is 6.08 Å². The number of aryl methyl sites for hydroxylation is 1. The molecule has 1 aromatic carbocycles. The van der Waals surface area contributed by atoms with E-state index in [9.17, 15) is 8.78 Å². The first kappa shape index (κ1) is 21.8. The summed E-state index contributed by atoms with van der Waals surface area (Å²) >= 11 is 0.